The van der Waals surface area contributed by atoms with E-state index in [2.05, 4.69) is 5.32 Å². The van der Waals surface area contributed by atoms with E-state index in [1.807, 2.05) is 6.07 Å². The van der Waals surface area contributed by atoms with Crippen LogP contribution in [0.4, 0.5) is 18.9 Å². The Labute approximate surface area is 125 Å². The highest BCUT2D eigenvalue weighted by atomic mass is 19.2. The molecule has 0 aromatic heterocycles. The van der Waals surface area contributed by atoms with Crippen LogP contribution in [0, 0.1) is 28.8 Å². The van der Waals surface area contributed by atoms with Gasteiger partial charge < -0.3 is 5.32 Å². The van der Waals surface area contributed by atoms with E-state index in [1.54, 1.807) is 24.3 Å². The molecule has 0 aliphatic rings. The average Bonchev–Trinajstić information content (AvgIpc) is 2.54. The summed E-state index contributed by atoms with van der Waals surface area (Å²) in [6.45, 7) is 0. The number of aryl methyl sites for hydroxylation is 1. The topological polar surface area (TPSA) is 52.9 Å². The van der Waals surface area contributed by atoms with Gasteiger partial charge in [-0.15, -0.1) is 0 Å². The van der Waals surface area contributed by atoms with Crippen LogP contribution in [0.1, 0.15) is 17.5 Å². The molecule has 0 aliphatic carbocycles. The van der Waals surface area contributed by atoms with E-state index < -0.39 is 29.0 Å². The van der Waals surface area contributed by atoms with Gasteiger partial charge in [0.1, 0.15) is 0 Å². The summed E-state index contributed by atoms with van der Waals surface area (Å²) in [7, 11) is 0. The Bertz CT molecular complexity index is 736. The zero-order chi connectivity index (χ0) is 16.1. The molecule has 22 heavy (non-hydrogen) atoms. The van der Waals surface area contributed by atoms with Gasteiger partial charge in [0.15, 0.2) is 17.5 Å². The number of nitriles is 1. The Balaban J connectivity index is 1.96. The largest absolute Gasteiger partial charge is 0.323 e. The first-order chi connectivity index (χ1) is 10.5. The SMILES string of the molecule is N#Cc1ccc(CCC(=O)Nc2ccc(F)c(F)c2F)cc1. The summed E-state index contributed by atoms with van der Waals surface area (Å²) in [4.78, 5) is 11.7. The van der Waals surface area contributed by atoms with Crippen LogP contribution in [0.5, 0.6) is 0 Å². The molecule has 1 N–H and O–H groups in total. The minimum absolute atomic E-state index is 0.0460. The molecule has 0 heterocycles. The molecule has 0 spiro atoms. The van der Waals surface area contributed by atoms with Crippen molar-refractivity contribution in [1.82, 2.24) is 0 Å². The second-order valence-corrected chi connectivity index (χ2v) is 4.58. The van der Waals surface area contributed by atoms with E-state index in [1.165, 1.54) is 0 Å². The van der Waals surface area contributed by atoms with E-state index in [0.29, 0.717) is 12.0 Å². The molecule has 2 rings (SSSR count). The number of nitrogens with one attached hydrogen (secondary N) is 1. The summed E-state index contributed by atoms with van der Waals surface area (Å²) in [5.41, 5.74) is 0.945. The predicted octanol–water partition coefficient (Wildman–Crippen LogP) is 3.55. The zero-order valence-corrected chi connectivity index (χ0v) is 11.4. The van der Waals surface area contributed by atoms with Crippen molar-refractivity contribution in [3.63, 3.8) is 0 Å². The molecule has 2 aromatic carbocycles. The lowest BCUT2D eigenvalue weighted by atomic mass is 10.1. The maximum Gasteiger partial charge on any atom is 0.224 e. The molecule has 6 heteroatoms. The third kappa shape index (κ3) is 3.64. The van der Waals surface area contributed by atoms with E-state index >= 15 is 0 Å². The Morgan fingerprint density at radius 2 is 1.73 bits per heavy atom. The van der Waals surface area contributed by atoms with Gasteiger partial charge in [0, 0.05) is 6.42 Å². The van der Waals surface area contributed by atoms with Gasteiger partial charge in [0.2, 0.25) is 5.91 Å². The van der Waals surface area contributed by atoms with E-state index in [4.69, 9.17) is 5.26 Å². The zero-order valence-electron chi connectivity index (χ0n) is 11.4. The van der Waals surface area contributed by atoms with Crippen LogP contribution in [0.2, 0.25) is 0 Å². The van der Waals surface area contributed by atoms with Crippen LogP contribution in [-0.4, -0.2) is 5.91 Å². The van der Waals surface area contributed by atoms with Crippen molar-refractivity contribution in [2.75, 3.05) is 5.32 Å². The molecule has 0 aliphatic heterocycles. The molecule has 0 saturated heterocycles. The highest BCUT2D eigenvalue weighted by Crippen LogP contribution is 2.19. The molecule has 3 nitrogen and oxygen atoms in total. The second-order valence-electron chi connectivity index (χ2n) is 4.58. The minimum atomic E-state index is -1.62. The number of rotatable bonds is 4. The van der Waals surface area contributed by atoms with Crippen LogP contribution < -0.4 is 5.32 Å². The highest BCUT2D eigenvalue weighted by molar-refractivity contribution is 5.90. The molecular weight excluding hydrogens is 293 g/mol. The van der Waals surface area contributed by atoms with Gasteiger partial charge in [-0.2, -0.15) is 5.26 Å². The van der Waals surface area contributed by atoms with Crippen molar-refractivity contribution >= 4 is 11.6 Å². The molecule has 0 radical (unpaired) electrons. The molecule has 0 unspecified atom stereocenters. The summed E-state index contributed by atoms with van der Waals surface area (Å²) < 4.78 is 39.2. The maximum absolute atomic E-state index is 13.4. The van der Waals surface area contributed by atoms with Crippen molar-refractivity contribution < 1.29 is 18.0 Å². The molecule has 0 saturated carbocycles. The second kappa shape index (κ2) is 6.76. The molecule has 0 fully saturated rings. The third-order valence-electron chi connectivity index (χ3n) is 3.03. The van der Waals surface area contributed by atoms with Crippen LogP contribution in [0.15, 0.2) is 36.4 Å². The van der Waals surface area contributed by atoms with Gasteiger partial charge in [0.25, 0.3) is 0 Å². The number of hydrogen-bond donors (Lipinski definition) is 1. The standard InChI is InChI=1S/C16H11F3N2O/c17-12-6-7-13(16(19)15(12)18)21-14(22)8-5-10-1-3-11(9-20)4-2-10/h1-4,6-7H,5,8H2,(H,21,22). The van der Waals surface area contributed by atoms with Crippen LogP contribution in [0.25, 0.3) is 0 Å². The van der Waals surface area contributed by atoms with Crippen molar-refractivity contribution in [3.05, 3.63) is 65.0 Å². The van der Waals surface area contributed by atoms with Crippen LogP contribution >= 0.6 is 0 Å². The fourth-order valence-corrected chi connectivity index (χ4v) is 1.84. The fourth-order valence-electron chi connectivity index (χ4n) is 1.84. The molecule has 112 valence electrons. The smallest absolute Gasteiger partial charge is 0.224 e. The van der Waals surface area contributed by atoms with Gasteiger partial charge >= 0.3 is 0 Å². The maximum atomic E-state index is 13.4. The number of benzene rings is 2. The summed E-state index contributed by atoms with van der Waals surface area (Å²) in [5, 5.41) is 10.9. The van der Waals surface area contributed by atoms with Crippen LogP contribution in [0.3, 0.4) is 0 Å². The fraction of sp³-hybridized carbons (Fsp3) is 0.125. The molecule has 0 bridgehead atoms. The highest BCUT2D eigenvalue weighted by Gasteiger charge is 2.15. The summed E-state index contributed by atoms with van der Waals surface area (Å²) in [6, 6.07) is 10.4. The quantitative estimate of drug-likeness (QED) is 0.878. The van der Waals surface area contributed by atoms with E-state index in [-0.39, 0.29) is 6.42 Å². The normalized spacial score (nSPS) is 10.1. The lowest BCUT2D eigenvalue weighted by molar-refractivity contribution is -0.116. The van der Waals surface area contributed by atoms with Crippen molar-refractivity contribution in [1.29, 1.82) is 5.26 Å². The number of nitrogens with zero attached hydrogens (tertiary/aromatic N) is 1. The minimum Gasteiger partial charge on any atom is -0.323 e. The van der Waals surface area contributed by atoms with Crippen molar-refractivity contribution in [2.24, 2.45) is 0 Å². The summed E-state index contributed by atoms with van der Waals surface area (Å²) in [6.07, 6.45) is 0.424. The summed E-state index contributed by atoms with van der Waals surface area (Å²) in [5.74, 6) is -4.88. The van der Waals surface area contributed by atoms with Crippen LogP contribution in [-0.2, 0) is 11.2 Å². The van der Waals surface area contributed by atoms with Gasteiger partial charge in [-0.05, 0) is 36.2 Å². The first-order valence-electron chi connectivity index (χ1n) is 6.43. The molecule has 2 aromatic rings. The van der Waals surface area contributed by atoms with Crippen molar-refractivity contribution in [2.45, 2.75) is 12.8 Å². The number of carbonyl (C=O) groups is 1. The summed E-state index contributed by atoms with van der Waals surface area (Å²) >= 11 is 0. The van der Waals surface area contributed by atoms with E-state index in [9.17, 15) is 18.0 Å². The number of carbonyl (C=O) groups excluding carboxylic acids is 1. The first kappa shape index (κ1) is 15.6. The van der Waals surface area contributed by atoms with Gasteiger partial charge in [-0.1, -0.05) is 12.1 Å². The lowest BCUT2D eigenvalue weighted by Gasteiger charge is -2.07. The number of hydrogen-bond acceptors (Lipinski definition) is 2. The Hall–Kier alpha value is -2.81. The molecular formula is C16H11F3N2O. The Kier molecular flexibility index (Phi) is 4.79. The van der Waals surface area contributed by atoms with Crippen molar-refractivity contribution in [3.8, 4) is 6.07 Å². The third-order valence-corrected chi connectivity index (χ3v) is 3.03. The van der Waals surface area contributed by atoms with E-state index in [0.717, 1.165) is 17.7 Å². The van der Waals surface area contributed by atoms with Gasteiger partial charge in [-0.25, -0.2) is 13.2 Å². The number of amides is 1. The average molecular weight is 304 g/mol. The van der Waals surface area contributed by atoms with Gasteiger partial charge in [0.05, 0.1) is 17.3 Å². The lowest BCUT2D eigenvalue weighted by Crippen LogP contribution is -2.14. The first-order valence-corrected chi connectivity index (χ1v) is 6.43. The predicted molar refractivity (Wildman–Crippen MR) is 74.4 cm³/mol. The Morgan fingerprint density at radius 1 is 1.05 bits per heavy atom. The monoisotopic (exact) mass is 304 g/mol. The molecule has 0 atom stereocenters. The molecule has 1 amide bonds. The number of anilines is 1. The number of halogens is 3. The van der Waals surface area contributed by atoms with Gasteiger partial charge in [-0.3, -0.25) is 4.79 Å². The Morgan fingerprint density at radius 3 is 2.36 bits per heavy atom.